The smallest absolute Gasteiger partial charge is 0.235 e. The zero-order chi connectivity index (χ0) is 21.6. The third-order valence-electron chi connectivity index (χ3n) is 4.35. The lowest BCUT2D eigenvalue weighted by atomic mass is 9.88. The molecule has 0 aliphatic carbocycles. The summed E-state index contributed by atoms with van der Waals surface area (Å²) in [7, 11) is 0. The molecule has 0 fully saturated rings. The molecule has 8 heteroatoms. The van der Waals surface area contributed by atoms with Crippen molar-refractivity contribution in [3.63, 3.8) is 0 Å². The molecule has 0 heterocycles. The minimum Gasteiger partial charge on any atom is -0.324 e. The first kappa shape index (κ1) is 22.6. The quantitative estimate of drug-likeness (QED) is 0.603. The van der Waals surface area contributed by atoms with Gasteiger partial charge in [-0.3, -0.25) is 19.2 Å². The van der Waals surface area contributed by atoms with E-state index in [-0.39, 0.29) is 6.42 Å². The molecule has 0 radical (unpaired) electrons. The SMILES string of the molecule is CC(=O)[C@@H](C[C@H](C(C)=O)C(=O)Nc1ccccc1Cl)C(=O)Nc1ccccc1Cl. The maximum Gasteiger partial charge on any atom is 0.235 e. The number of carbonyl (C=O) groups excluding carboxylic acids is 4. The average molecular weight is 435 g/mol. The van der Waals surface area contributed by atoms with Gasteiger partial charge in [0.15, 0.2) is 0 Å². The van der Waals surface area contributed by atoms with Crippen molar-refractivity contribution in [1.29, 1.82) is 0 Å². The van der Waals surface area contributed by atoms with Crippen LogP contribution in [0.25, 0.3) is 0 Å². The van der Waals surface area contributed by atoms with E-state index in [1.54, 1.807) is 48.5 Å². The molecule has 2 N–H and O–H groups in total. The number of Topliss-reactive ketones (excluding diaryl/α,β-unsaturated/α-hetero) is 2. The van der Waals surface area contributed by atoms with E-state index < -0.39 is 35.2 Å². The number of anilines is 2. The Balaban J connectivity index is 2.18. The Bertz CT molecular complexity index is 870. The summed E-state index contributed by atoms with van der Waals surface area (Å²) in [6.07, 6.45) is -0.267. The molecule has 6 nitrogen and oxygen atoms in total. The lowest BCUT2D eigenvalue weighted by Crippen LogP contribution is -2.36. The molecule has 29 heavy (non-hydrogen) atoms. The molecule has 2 atom stereocenters. The third kappa shape index (κ3) is 6.14. The summed E-state index contributed by atoms with van der Waals surface area (Å²) in [5, 5.41) is 5.77. The van der Waals surface area contributed by atoms with Gasteiger partial charge in [0.1, 0.15) is 11.6 Å². The number of halogens is 2. The Kier molecular flexibility index (Phi) is 7.93. The molecule has 2 rings (SSSR count). The molecule has 0 saturated heterocycles. The number of hydrogen-bond acceptors (Lipinski definition) is 4. The number of rotatable bonds is 8. The third-order valence-corrected chi connectivity index (χ3v) is 5.01. The molecule has 0 aliphatic heterocycles. The Morgan fingerprint density at radius 3 is 1.38 bits per heavy atom. The summed E-state index contributed by atoms with van der Waals surface area (Å²) in [6, 6.07) is 13.1. The van der Waals surface area contributed by atoms with Crippen molar-refractivity contribution in [3.8, 4) is 0 Å². The van der Waals surface area contributed by atoms with Crippen LogP contribution in [0, 0.1) is 11.8 Å². The second-order valence-corrected chi connectivity index (χ2v) is 7.31. The molecule has 0 aliphatic rings. The lowest BCUT2D eigenvalue weighted by molar-refractivity contribution is -0.133. The van der Waals surface area contributed by atoms with Crippen LogP contribution in [0.5, 0.6) is 0 Å². The van der Waals surface area contributed by atoms with Gasteiger partial charge in [-0.2, -0.15) is 0 Å². The highest BCUT2D eigenvalue weighted by atomic mass is 35.5. The van der Waals surface area contributed by atoms with E-state index in [1.165, 1.54) is 13.8 Å². The summed E-state index contributed by atoms with van der Waals surface area (Å²) < 4.78 is 0. The first-order valence-corrected chi connectivity index (χ1v) is 9.58. The molecule has 2 aromatic carbocycles. The number of nitrogens with one attached hydrogen (secondary N) is 2. The number of para-hydroxylation sites is 2. The van der Waals surface area contributed by atoms with E-state index in [1.807, 2.05) is 0 Å². The molecule has 2 amide bonds. The summed E-state index contributed by atoms with van der Waals surface area (Å²) in [4.78, 5) is 49.5. The van der Waals surface area contributed by atoms with Crippen molar-refractivity contribution < 1.29 is 19.2 Å². The molecular formula is C21H20Cl2N2O4. The molecular weight excluding hydrogens is 415 g/mol. The van der Waals surface area contributed by atoms with Gasteiger partial charge in [0.05, 0.1) is 33.3 Å². The number of hydrogen-bond donors (Lipinski definition) is 2. The van der Waals surface area contributed by atoms with Gasteiger partial charge in [-0.25, -0.2) is 0 Å². The van der Waals surface area contributed by atoms with Crippen LogP contribution in [0.1, 0.15) is 20.3 Å². The molecule has 0 spiro atoms. The van der Waals surface area contributed by atoms with E-state index in [9.17, 15) is 19.2 Å². The Labute approximate surface area is 178 Å². The van der Waals surface area contributed by atoms with E-state index in [0.29, 0.717) is 21.4 Å². The van der Waals surface area contributed by atoms with Crippen molar-refractivity contribution in [2.24, 2.45) is 11.8 Å². The van der Waals surface area contributed by atoms with Crippen LogP contribution in [0.4, 0.5) is 11.4 Å². The number of benzene rings is 2. The maximum absolute atomic E-state index is 12.6. The molecule has 152 valence electrons. The summed E-state index contributed by atoms with van der Waals surface area (Å²) >= 11 is 12.1. The molecule has 0 bridgehead atoms. The molecule has 0 aromatic heterocycles. The first-order valence-electron chi connectivity index (χ1n) is 8.82. The van der Waals surface area contributed by atoms with Crippen LogP contribution in [0.15, 0.2) is 48.5 Å². The van der Waals surface area contributed by atoms with Crippen molar-refractivity contribution in [3.05, 3.63) is 58.6 Å². The lowest BCUT2D eigenvalue weighted by Gasteiger charge is -2.20. The zero-order valence-electron chi connectivity index (χ0n) is 15.9. The summed E-state index contributed by atoms with van der Waals surface area (Å²) in [5.74, 6) is -4.60. The summed E-state index contributed by atoms with van der Waals surface area (Å²) in [6.45, 7) is 2.47. The first-order chi connectivity index (χ1) is 13.7. The monoisotopic (exact) mass is 434 g/mol. The van der Waals surface area contributed by atoms with Gasteiger partial charge in [-0.1, -0.05) is 47.5 Å². The molecule has 0 unspecified atom stereocenters. The van der Waals surface area contributed by atoms with E-state index in [4.69, 9.17) is 23.2 Å². The van der Waals surface area contributed by atoms with E-state index >= 15 is 0 Å². The predicted molar refractivity (Wildman–Crippen MR) is 113 cm³/mol. The van der Waals surface area contributed by atoms with Gasteiger partial charge >= 0.3 is 0 Å². The standard InChI is InChI=1S/C21H20Cl2N2O4/c1-12(26)14(20(28)24-18-9-5-3-7-16(18)22)11-15(13(2)27)21(29)25-19-10-6-4-8-17(19)23/h3-10,14-15H,11H2,1-2H3,(H,24,28)(H,25,29)/t14-,15-/m1/s1. The van der Waals surface area contributed by atoms with Gasteiger partial charge in [0.2, 0.25) is 11.8 Å². The number of amides is 2. The number of ketones is 2. The van der Waals surface area contributed by atoms with Crippen molar-refractivity contribution >= 4 is 58.0 Å². The van der Waals surface area contributed by atoms with Gasteiger partial charge in [-0.15, -0.1) is 0 Å². The van der Waals surface area contributed by atoms with Crippen molar-refractivity contribution in [1.82, 2.24) is 0 Å². The highest BCUT2D eigenvalue weighted by Gasteiger charge is 2.33. The van der Waals surface area contributed by atoms with Crippen LogP contribution in [-0.2, 0) is 19.2 Å². The summed E-state index contributed by atoms with van der Waals surface area (Å²) in [5.41, 5.74) is 0.677. The molecule has 0 saturated carbocycles. The average Bonchev–Trinajstić information content (AvgIpc) is 2.65. The van der Waals surface area contributed by atoms with Crippen LogP contribution >= 0.6 is 23.2 Å². The predicted octanol–water partition coefficient (Wildman–Crippen LogP) is 4.37. The van der Waals surface area contributed by atoms with Gasteiger partial charge < -0.3 is 10.6 Å². The second kappa shape index (κ2) is 10.2. The van der Waals surface area contributed by atoms with Gasteiger partial charge in [-0.05, 0) is 44.5 Å². The van der Waals surface area contributed by atoms with Crippen LogP contribution in [0.2, 0.25) is 10.0 Å². The van der Waals surface area contributed by atoms with Gasteiger partial charge in [0.25, 0.3) is 0 Å². The zero-order valence-corrected chi connectivity index (χ0v) is 17.4. The fraction of sp³-hybridized carbons (Fsp3) is 0.238. The maximum atomic E-state index is 12.6. The highest BCUT2D eigenvalue weighted by Crippen LogP contribution is 2.25. The number of carbonyl (C=O) groups is 4. The van der Waals surface area contributed by atoms with Crippen molar-refractivity contribution in [2.75, 3.05) is 10.6 Å². The minimum atomic E-state index is -1.20. The highest BCUT2D eigenvalue weighted by molar-refractivity contribution is 6.34. The topological polar surface area (TPSA) is 92.3 Å². The largest absolute Gasteiger partial charge is 0.324 e. The normalized spacial score (nSPS) is 12.6. The Morgan fingerprint density at radius 1 is 0.724 bits per heavy atom. The van der Waals surface area contributed by atoms with Crippen LogP contribution < -0.4 is 10.6 Å². The van der Waals surface area contributed by atoms with Crippen LogP contribution in [0.3, 0.4) is 0 Å². The van der Waals surface area contributed by atoms with Crippen LogP contribution in [-0.4, -0.2) is 23.4 Å². The fourth-order valence-corrected chi connectivity index (χ4v) is 3.08. The Hall–Kier alpha value is -2.70. The minimum absolute atomic E-state index is 0.267. The molecule has 2 aromatic rings. The second-order valence-electron chi connectivity index (χ2n) is 6.50. The Morgan fingerprint density at radius 2 is 1.07 bits per heavy atom. The fourth-order valence-electron chi connectivity index (χ4n) is 2.72. The van der Waals surface area contributed by atoms with E-state index in [2.05, 4.69) is 10.6 Å². The van der Waals surface area contributed by atoms with Gasteiger partial charge in [0, 0.05) is 0 Å². The van der Waals surface area contributed by atoms with E-state index in [0.717, 1.165) is 0 Å². The van der Waals surface area contributed by atoms with Crippen molar-refractivity contribution in [2.45, 2.75) is 20.3 Å².